The van der Waals surface area contributed by atoms with Crippen LogP contribution in [-0.2, 0) is 0 Å². The van der Waals surface area contributed by atoms with Gasteiger partial charge in [0.25, 0.3) is 0 Å². The van der Waals surface area contributed by atoms with Crippen molar-refractivity contribution >= 4 is 5.69 Å². The lowest BCUT2D eigenvalue weighted by atomic mass is 9.79. The molecule has 1 aliphatic carbocycles. The molecule has 1 N–H and O–H groups in total. The van der Waals surface area contributed by atoms with E-state index in [4.69, 9.17) is 4.74 Å². The number of ether oxygens (including phenoxy) is 1. The molecule has 0 radical (unpaired) electrons. The first-order valence-corrected chi connectivity index (χ1v) is 8.08. The molecule has 2 atom stereocenters. The van der Waals surface area contributed by atoms with Crippen LogP contribution in [0.25, 0.3) is 0 Å². The van der Waals surface area contributed by atoms with Gasteiger partial charge in [0.05, 0.1) is 6.10 Å². The number of benzene rings is 1. The van der Waals surface area contributed by atoms with Crippen LogP contribution in [0.15, 0.2) is 24.3 Å². The first-order valence-electron chi connectivity index (χ1n) is 8.08. The molecule has 1 fully saturated rings. The van der Waals surface area contributed by atoms with Crippen LogP contribution >= 0.6 is 0 Å². The van der Waals surface area contributed by atoms with Gasteiger partial charge in [0.15, 0.2) is 0 Å². The summed E-state index contributed by atoms with van der Waals surface area (Å²) >= 11 is 0. The highest BCUT2D eigenvalue weighted by atomic mass is 16.5. The highest BCUT2D eigenvalue weighted by Crippen LogP contribution is 2.31. The minimum atomic E-state index is 0.235. The van der Waals surface area contributed by atoms with Gasteiger partial charge in [-0.1, -0.05) is 26.7 Å². The third-order valence-electron chi connectivity index (χ3n) is 4.25. The van der Waals surface area contributed by atoms with Crippen LogP contribution in [0.4, 0.5) is 5.69 Å². The normalized spacial score (nSPS) is 23.1. The average molecular weight is 275 g/mol. The molecule has 1 aromatic rings. The molecule has 0 spiro atoms. The number of hydrogen-bond donors (Lipinski definition) is 1. The van der Waals surface area contributed by atoms with Crippen molar-refractivity contribution in [1.29, 1.82) is 0 Å². The fourth-order valence-corrected chi connectivity index (χ4v) is 3.10. The fraction of sp³-hybridized carbons (Fsp3) is 0.667. The van der Waals surface area contributed by atoms with Gasteiger partial charge in [-0.15, -0.1) is 0 Å². The Morgan fingerprint density at radius 3 is 2.35 bits per heavy atom. The zero-order valence-corrected chi connectivity index (χ0v) is 13.4. The molecule has 112 valence electrons. The van der Waals surface area contributed by atoms with E-state index in [2.05, 4.69) is 57.3 Å². The van der Waals surface area contributed by atoms with Crippen molar-refractivity contribution < 1.29 is 4.74 Å². The smallest absolute Gasteiger partial charge is 0.119 e. The van der Waals surface area contributed by atoms with E-state index >= 15 is 0 Å². The molecule has 0 aliphatic heterocycles. The van der Waals surface area contributed by atoms with Gasteiger partial charge in [-0.05, 0) is 62.8 Å². The van der Waals surface area contributed by atoms with Crippen LogP contribution in [0.2, 0.25) is 0 Å². The topological polar surface area (TPSA) is 21.3 Å². The number of rotatable bonds is 5. The Balaban J connectivity index is 1.89. The molecule has 0 bridgehead atoms. The van der Waals surface area contributed by atoms with Crippen molar-refractivity contribution in [3.8, 4) is 5.75 Å². The van der Waals surface area contributed by atoms with E-state index in [-0.39, 0.29) is 6.10 Å². The summed E-state index contributed by atoms with van der Waals surface area (Å²) in [7, 11) is 0. The van der Waals surface area contributed by atoms with Gasteiger partial charge >= 0.3 is 0 Å². The summed E-state index contributed by atoms with van der Waals surface area (Å²) in [6.45, 7) is 8.82. The van der Waals surface area contributed by atoms with Crippen molar-refractivity contribution in [3.63, 3.8) is 0 Å². The van der Waals surface area contributed by atoms with Crippen LogP contribution in [0.5, 0.6) is 5.75 Å². The molecule has 1 saturated carbocycles. The molecule has 2 nitrogen and oxygen atoms in total. The third-order valence-corrected chi connectivity index (χ3v) is 4.25. The van der Waals surface area contributed by atoms with Crippen LogP contribution < -0.4 is 10.1 Å². The van der Waals surface area contributed by atoms with Crippen LogP contribution in [0, 0.1) is 11.8 Å². The molecule has 2 heteroatoms. The van der Waals surface area contributed by atoms with Gasteiger partial charge in [-0.3, -0.25) is 0 Å². The Labute approximate surface area is 123 Å². The quantitative estimate of drug-likeness (QED) is 0.807. The molecule has 2 unspecified atom stereocenters. The lowest BCUT2D eigenvalue weighted by Crippen LogP contribution is -2.29. The maximum atomic E-state index is 5.68. The van der Waals surface area contributed by atoms with Crippen molar-refractivity contribution in [2.24, 2.45) is 11.8 Å². The monoisotopic (exact) mass is 275 g/mol. The Hall–Kier alpha value is -1.18. The summed E-state index contributed by atoms with van der Waals surface area (Å²) in [6, 6.07) is 9.02. The summed E-state index contributed by atoms with van der Waals surface area (Å²) in [5.41, 5.74) is 1.22. The van der Waals surface area contributed by atoms with E-state index in [1.165, 1.54) is 31.4 Å². The summed E-state index contributed by atoms with van der Waals surface area (Å²) in [5.74, 6) is 2.64. The molecule has 0 amide bonds. The Kier molecular flexibility index (Phi) is 5.33. The first kappa shape index (κ1) is 15.2. The van der Waals surface area contributed by atoms with Gasteiger partial charge in [0.2, 0.25) is 0 Å². The minimum absolute atomic E-state index is 0.235. The second kappa shape index (κ2) is 7.01. The molecular weight excluding hydrogens is 246 g/mol. The molecule has 1 aliphatic rings. The van der Waals surface area contributed by atoms with Crippen LogP contribution in [0.3, 0.4) is 0 Å². The lowest BCUT2D eigenvalue weighted by molar-refractivity contribution is 0.242. The van der Waals surface area contributed by atoms with Crippen molar-refractivity contribution in [3.05, 3.63) is 24.3 Å². The van der Waals surface area contributed by atoms with E-state index in [1.54, 1.807) is 0 Å². The predicted octanol–water partition coefficient (Wildman–Crippen LogP) is 5.10. The number of hydrogen-bond acceptors (Lipinski definition) is 2. The SMILES string of the molecule is CC(C)Oc1ccc(NC2CCCC(C(C)C)C2)cc1. The largest absolute Gasteiger partial charge is 0.491 e. The molecule has 0 aromatic heterocycles. The van der Waals surface area contributed by atoms with Crippen LogP contribution in [-0.4, -0.2) is 12.1 Å². The predicted molar refractivity (Wildman–Crippen MR) is 86.4 cm³/mol. The zero-order chi connectivity index (χ0) is 14.5. The van der Waals surface area contributed by atoms with E-state index in [0.29, 0.717) is 6.04 Å². The molecule has 1 aromatic carbocycles. The van der Waals surface area contributed by atoms with E-state index in [1.807, 2.05) is 0 Å². The zero-order valence-electron chi connectivity index (χ0n) is 13.4. The number of anilines is 1. The first-order chi connectivity index (χ1) is 9.54. The highest BCUT2D eigenvalue weighted by molar-refractivity contribution is 5.47. The van der Waals surface area contributed by atoms with Gasteiger partial charge in [-0.2, -0.15) is 0 Å². The molecule has 2 rings (SSSR count). The molecule has 0 heterocycles. The third kappa shape index (κ3) is 4.43. The highest BCUT2D eigenvalue weighted by Gasteiger charge is 2.23. The van der Waals surface area contributed by atoms with Crippen LogP contribution in [0.1, 0.15) is 53.4 Å². The summed E-state index contributed by atoms with van der Waals surface area (Å²) in [6.07, 6.45) is 5.60. The summed E-state index contributed by atoms with van der Waals surface area (Å²) in [4.78, 5) is 0. The fourth-order valence-electron chi connectivity index (χ4n) is 3.10. The van der Waals surface area contributed by atoms with E-state index < -0.39 is 0 Å². The van der Waals surface area contributed by atoms with Crippen molar-refractivity contribution in [2.75, 3.05) is 5.32 Å². The molecular formula is C18H29NO. The van der Waals surface area contributed by atoms with Crippen molar-refractivity contribution in [1.82, 2.24) is 0 Å². The second-order valence-corrected chi connectivity index (χ2v) is 6.70. The Morgan fingerprint density at radius 1 is 1.05 bits per heavy atom. The minimum Gasteiger partial charge on any atom is -0.491 e. The Morgan fingerprint density at radius 2 is 1.75 bits per heavy atom. The summed E-state index contributed by atoms with van der Waals surface area (Å²) < 4.78 is 5.68. The van der Waals surface area contributed by atoms with E-state index in [9.17, 15) is 0 Å². The standard InChI is InChI=1S/C18H29NO/c1-13(2)15-6-5-7-17(12-15)19-16-8-10-18(11-9-16)20-14(3)4/h8-11,13-15,17,19H,5-7,12H2,1-4H3. The Bertz CT molecular complexity index is 396. The maximum Gasteiger partial charge on any atom is 0.119 e. The molecule has 20 heavy (non-hydrogen) atoms. The van der Waals surface area contributed by atoms with Gasteiger partial charge in [0.1, 0.15) is 5.75 Å². The maximum absolute atomic E-state index is 5.68. The summed E-state index contributed by atoms with van der Waals surface area (Å²) in [5, 5.41) is 3.69. The van der Waals surface area contributed by atoms with E-state index in [0.717, 1.165) is 17.6 Å². The number of nitrogens with one attached hydrogen (secondary N) is 1. The lowest BCUT2D eigenvalue weighted by Gasteiger charge is -2.32. The van der Waals surface area contributed by atoms with Gasteiger partial charge in [0, 0.05) is 11.7 Å². The molecule has 0 saturated heterocycles. The second-order valence-electron chi connectivity index (χ2n) is 6.70. The average Bonchev–Trinajstić information content (AvgIpc) is 2.41. The van der Waals surface area contributed by atoms with Gasteiger partial charge in [-0.25, -0.2) is 0 Å². The van der Waals surface area contributed by atoms with Gasteiger partial charge < -0.3 is 10.1 Å². The van der Waals surface area contributed by atoms with Crippen molar-refractivity contribution in [2.45, 2.75) is 65.5 Å².